The average molecular weight is 456 g/mol. The Hall–Kier alpha value is -3.43. The second-order valence-corrected chi connectivity index (χ2v) is 7.47. The molecule has 1 saturated heterocycles. The zero-order valence-electron chi connectivity index (χ0n) is 18.7. The summed E-state index contributed by atoms with van der Waals surface area (Å²) in [5.74, 6) is -1.62. The average Bonchev–Trinajstić information content (AvgIpc) is 2.83. The summed E-state index contributed by atoms with van der Waals surface area (Å²) in [6.45, 7) is 4.48. The van der Waals surface area contributed by atoms with E-state index in [0.29, 0.717) is 23.7 Å². The lowest BCUT2D eigenvalue weighted by Gasteiger charge is -2.34. The minimum atomic E-state index is -1.67. The van der Waals surface area contributed by atoms with Crippen molar-refractivity contribution in [1.82, 2.24) is 0 Å². The summed E-state index contributed by atoms with van der Waals surface area (Å²) < 4.78 is 10.4. The molecule has 9 heteroatoms. The van der Waals surface area contributed by atoms with Gasteiger partial charge in [-0.05, 0) is 49.2 Å². The summed E-state index contributed by atoms with van der Waals surface area (Å²) in [7, 11) is 0. The lowest BCUT2D eigenvalue weighted by molar-refractivity contribution is -0.150. The van der Waals surface area contributed by atoms with Gasteiger partial charge < -0.3 is 30.1 Å². The first-order valence-corrected chi connectivity index (χ1v) is 10.9. The smallest absolute Gasteiger partial charge is 0.325 e. The number of aryl methyl sites for hydroxylation is 1. The van der Waals surface area contributed by atoms with Crippen molar-refractivity contribution in [1.29, 1.82) is 0 Å². The van der Waals surface area contributed by atoms with Gasteiger partial charge in [0.2, 0.25) is 0 Å². The molecule has 2 aromatic carbocycles. The third kappa shape index (κ3) is 6.30. The van der Waals surface area contributed by atoms with Gasteiger partial charge >= 0.3 is 5.97 Å². The second-order valence-electron chi connectivity index (χ2n) is 7.47. The van der Waals surface area contributed by atoms with Crippen LogP contribution in [-0.2, 0) is 30.3 Å². The predicted octanol–water partition coefficient (Wildman–Crippen LogP) is 1.96. The fraction of sp³-hybridized carbons (Fsp3) is 0.375. The number of hydrogen-bond donors (Lipinski definition) is 3. The standard InChI is InChI=1S/C24H29N3O6/c1-3-16-8-10-17(11-9-16)26-23(30)21(29)22-24(31)27(12-13-33-22)19-7-5-6-18(14-19)25-15-20(28)32-4-2/h5-11,14,21-22,25,29H,3-4,12-13,15H2,1-2H3,(H,26,30). The number of rotatable bonds is 9. The van der Waals surface area contributed by atoms with Crippen molar-refractivity contribution in [3.63, 3.8) is 0 Å². The van der Waals surface area contributed by atoms with Crippen LogP contribution in [0.25, 0.3) is 0 Å². The number of anilines is 3. The highest BCUT2D eigenvalue weighted by atomic mass is 16.5. The van der Waals surface area contributed by atoms with E-state index in [1.165, 1.54) is 4.90 Å². The molecule has 2 atom stereocenters. The van der Waals surface area contributed by atoms with Gasteiger partial charge in [0.05, 0.1) is 13.2 Å². The number of nitrogens with one attached hydrogen (secondary N) is 2. The van der Waals surface area contributed by atoms with Crippen molar-refractivity contribution in [3.8, 4) is 0 Å². The number of hydrogen-bond acceptors (Lipinski definition) is 7. The number of amides is 2. The summed E-state index contributed by atoms with van der Waals surface area (Å²) in [6, 6.07) is 14.2. The van der Waals surface area contributed by atoms with Crippen molar-refractivity contribution in [2.24, 2.45) is 0 Å². The molecule has 2 unspecified atom stereocenters. The van der Waals surface area contributed by atoms with E-state index in [1.807, 2.05) is 19.1 Å². The number of aliphatic hydroxyl groups is 1. The maximum Gasteiger partial charge on any atom is 0.325 e. The second kappa shape index (κ2) is 11.4. The van der Waals surface area contributed by atoms with Crippen LogP contribution >= 0.6 is 0 Å². The molecular weight excluding hydrogens is 426 g/mol. The van der Waals surface area contributed by atoms with Gasteiger partial charge in [0.25, 0.3) is 11.8 Å². The molecule has 1 fully saturated rings. The molecule has 2 amide bonds. The first-order chi connectivity index (χ1) is 15.9. The number of ether oxygens (including phenoxy) is 2. The molecule has 0 radical (unpaired) electrons. The zero-order chi connectivity index (χ0) is 23.8. The number of morpholine rings is 1. The fourth-order valence-corrected chi connectivity index (χ4v) is 3.44. The summed E-state index contributed by atoms with van der Waals surface area (Å²) in [6.07, 6.45) is -2.13. The molecular formula is C24H29N3O6. The van der Waals surface area contributed by atoms with Crippen molar-refractivity contribution < 1.29 is 29.0 Å². The van der Waals surface area contributed by atoms with E-state index in [1.54, 1.807) is 43.3 Å². The van der Waals surface area contributed by atoms with Crippen LogP contribution < -0.4 is 15.5 Å². The van der Waals surface area contributed by atoms with Gasteiger partial charge in [0, 0.05) is 23.6 Å². The number of carbonyl (C=O) groups is 3. The quantitative estimate of drug-likeness (QED) is 0.495. The van der Waals surface area contributed by atoms with E-state index in [2.05, 4.69) is 10.6 Å². The van der Waals surface area contributed by atoms with E-state index in [-0.39, 0.29) is 25.7 Å². The van der Waals surface area contributed by atoms with Crippen LogP contribution in [0.2, 0.25) is 0 Å². The number of carbonyl (C=O) groups excluding carboxylic acids is 3. The summed E-state index contributed by atoms with van der Waals surface area (Å²) in [5, 5.41) is 16.1. The van der Waals surface area contributed by atoms with Crippen LogP contribution in [0, 0.1) is 0 Å². The van der Waals surface area contributed by atoms with Crippen molar-refractivity contribution in [2.45, 2.75) is 32.5 Å². The van der Waals surface area contributed by atoms with Crippen molar-refractivity contribution in [3.05, 3.63) is 54.1 Å². The predicted molar refractivity (Wildman–Crippen MR) is 124 cm³/mol. The van der Waals surface area contributed by atoms with Gasteiger partial charge in [-0.25, -0.2) is 0 Å². The highest BCUT2D eigenvalue weighted by Gasteiger charge is 2.39. The van der Waals surface area contributed by atoms with Gasteiger partial charge in [-0.15, -0.1) is 0 Å². The summed E-state index contributed by atoms with van der Waals surface area (Å²) in [5.41, 5.74) is 2.83. The molecule has 1 heterocycles. The summed E-state index contributed by atoms with van der Waals surface area (Å²) in [4.78, 5) is 38.6. The van der Waals surface area contributed by atoms with Gasteiger partial charge in [-0.1, -0.05) is 25.1 Å². The molecule has 1 aliphatic heterocycles. The zero-order valence-corrected chi connectivity index (χ0v) is 18.7. The molecule has 1 aliphatic rings. The topological polar surface area (TPSA) is 117 Å². The number of nitrogens with zero attached hydrogens (tertiary/aromatic N) is 1. The van der Waals surface area contributed by atoms with Gasteiger partial charge in [0.1, 0.15) is 6.54 Å². The Balaban J connectivity index is 1.65. The molecule has 3 rings (SSSR count). The molecule has 0 bridgehead atoms. The Morgan fingerprint density at radius 3 is 2.64 bits per heavy atom. The van der Waals surface area contributed by atoms with E-state index >= 15 is 0 Å². The fourth-order valence-electron chi connectivity index (χ4n) is 3.44. The molecule has 0 spiro atoms. The monoisotopic (exact) mass is 455 g/mol. The van der Waals surface area contributed by atoms with Gasteiger partial charge in [-0.3, -0.25) is 14.4 Å². The number of benzene rings is 2. The Morgan fingerprint density at radius 2 is 1.94 bits per heavy atom. The Labute approximate surface area is 192 Å². The van der Waals surface area contributed by atoms with Crippen LogP contribution in [-0.4, -0.2) is 61.4 Å². The van der Waals surface area contributed by atoms with Gasteiger partial charge in [-0.2, -0.15) is 0 Å². The Kier molecular flexibility index (Phi) is 8.39. The molecule has 0 aliphatic carbocycles. The molecule has 3 N–H and O–H groups in total. The van der Waals surface area contributed by atoms with Crippen LogP contribution in [0.5, 0.6) is 0 Å². The van der Waals surface area contributed by atoms with Crippen LogP contribution in [0.3, 0.4) is 0 Å². The number of aliphatic hydroxyl groups excluding tert-OH is 1. The largest absolute Gasteiger partial charge is 0.465 e. The molecule has 0 saturated carbocycles. The first kappa shape index (κ1) is 24.2. The minimum absolute atomic E-state index is 0.00486. The van der Waals surface area contributed by atoms with E-state index < -0.39 is 24.0 Å². The minimum Gasteiger partial charge on any atom is -0.465 e. The highest BCUT2D eigenvalue weighted by molar-refractivity contribution is 6.04. The van der Waals surface area contributed by atoms with Crippen LogP contribution in [0.4, 0.5) is 17.1 Å². The van der Waals surface area contributed by atoms with Crippen molar-refractivity contribution in [2.75, 3.05) is 41.8 Å². The van der Waals surface area contributed by atoms with Crippen LogP contribution in [0.15, 0.2) is 48.5 Å². The Morgan fingerprint density at radius 1 is 1.18 bits per heavy atom. The van der Waals surface area contributed by atoms with E-state index in [9.17, 15) is 19.5 Å². The van der Waals surface area contributed by atoms with E-state index in [4.69, 9.17) is 9.47 Å². The van der Waals surface area contributed by atoms with Crippen LogP contribution in [0.1, 0.15) is 19.4 Å². The lowest BCUT2D eigenvalue weighted by atomic mass is 10.1. The lowest BCUT2D eigenvalue weighted by Crippen LogP contribution is -2.55. The highest BCUT2D eigenvalue weighted by Crippen LogP contribution is 2.24. The van der Waals surface area contributed by atoms with Gasteiger partial charge in [0.15, 0.2) is 12.2 Å². The molecule has 9 nitrogen and oxygen atoms in total. The normalized spacial score (nSPS) is 16.8. The molecule has 176 valence electrons. The summed E-state index contributed by atoms with van der Waals surface area (Å²) >= 11 is 0. The Bertz CT molecular complexity index is 978. The maximum atomic E-state index is 13.0. The SMILES string of the molecule is CCOC(=O)CNc1cccc(N2CCOC(C(O)C(=O)Nc3ccc(CC)cc3)C2=O)c1. The van der Waals surface area contributed by atoms with E-state index in [0.717, 1.165) is 12.0 Å². The maximum absolute atomic E-state index is 13.0. The third-order valence-corrected chi connectivity index (χ3v) is 5.21. The molecule has 33 heavy (non-hydrogen) atoms. The third-order valence-electron chi connectivity index (χ3n) is 5.21. The van der Waals surface area contributed by atoms with Crippen molar-refractivity contribution >= 4 is 34.8 Å². The first-order valence-electron chi connectivity index (χ1n) is 10.9. The molecule has 0 aromatic heterocycles. The number of esters is 1. The molecule has 2 aromatic rings.